The average molecular weight is 797 g/mol. The third kappa shape index (κ3) is 6.29. The molecular formula is C42H68O14. The molecule has 0 amide bonds. The number of carboxylic acid groups (broad SMARTS) is 1. The second kappa shape index (κ2) is 14.7. The molecule has 6 fully saturated rings. The van der Waals surface area contributed by atoms with Crippen LogP contribution in [0.3, 0.4) is 0 Å². The Morgan fingerprint density at radius 3 is 2.02 bits per heavy atom. The molecule has 14 heteroatoms. The van der Waals surface area contributed by atoms with Gasteiger partial charge in [-0.2, -0.15) is 0 Å². The van der Waals surface area contributed by atoms with Gasteiger partial charge in [0, 0.05) is 5.41 Å². The summed E-state index contributed by atoms with van der Waals surface area (Å²) in [6.45, 7) is 12.5. The van der Waals surface area contributed by atoms with Gasteiger partial charge in [0.25, 0.3) is 0 Å². The van der Waals surface area contributed by atoms with Gasteiger partial charge < -0.3 is 64.9 Å². The Labute approximate surface area is 330 Å². The molecule has 0 bridgehead atoms. The Bertz CT molecular complexity index is 1500. The van der Waals surface area contributed by atoms with Crippen LogP contribution in [0.5, 0.6) is 0 Å². The second-order valence-electron chi connectivity index (χ2n) is 20.5. The minimum Gasteiger partial charge on any atom is -0.481 e. The van der Waals surface area contributed by atoms with Crippen LogP contribution < -0.4 is 0 Å². The van der Waals surface area contributed by atoms with Crippen LogP contribution in [0.2, 0.25) is 0 Å². The fourth-order valence-electron chi connectivity index (χ4n) is 13.6. The molecule has 9 N–H and O–H groups in total. The highest BCUT2D eigenvalue weighted by atomic mass is 16.7. The Kier molecular flexibility index (Phi) is 11.3. The SMILES string of the molecule is CC1(C)CC[C@]2(C(=O)O)CC[C@]3(C)C(=CC[C@@H]4[C@@]5(C)CC[C@H](O[C@@H]6O[C@H](CO[C@H]7O[C@H](CO)[C@@H](O)[C@H](O)[C@H]7O)[C@@H](O)[C@H](O)[C@H]6O)[C@@](C)(CO)[C@@H]5CC[C@]43C)[C@@H]2C1. The summed E-state index contributed by atoms with van der Waals surface area (Å²) in [7, 11) is 0. The van der Waals surface area contributed by atoms with Crippen LogP contribution in [-0.2, 0) is 23.7 Å². The van der Waals surface area contributed by atoms with Crippen molar-refractivity contribution >= 4 is 5.97 Å². The molecule has 2 saturated heterocycles. The number of fused-ring (bicyclic) bond motifs is 7. The van der Waals surface area contributed by atoms with Crippen LogP contribution in [0.15, 0.2) is 11.6 Å². The number of ether oxygens (including phenoxy) is 4. The first-order valence-corrected chi connectivity index (χ1v) is 21.0. The van der Waals surface area contributed by atoms with Crippen LogP contribution in [0.4, 0.5) is 0 Å². The van der Waals surface area contributed by atoms with Crippen molar-refractivity contribution < 1.29 is 69.7 Å². The number of hydrogen-bond donors (Lipinski definition) is 9. The number of rotatable bonds is 8. The molecule has 5 aliphatic carbocycles. The number of carboxylic acids is 1. The normalized spacial score (nSPS) is 54.1. The van der Waals surface area contributed by atoms with E-state index < -0.39 is 97.5 Å². The van der Waals surface area contributed by atoms with Gasteiger partial charge in [-0.1, -0.05) is 53.2 Å². The van der Waals surface area contributed by atoms with Crippen LogP contribution in [0, 0.1) is 50.2 Å². The highest BCUT2D eigenvalue weighted by molar-refractivity contribution is 5.76. The first kappa shape index (κ1) is 42.8. The molecule has 0 unspecified atom stereocenters. The van der Waals surface area contributed by atoms with Gasteiger partial charge >= 0.3 is 5.97 Å². The van der Waals surface area contributed by atoms with Gasteiger partial charge in [0.05, 0.1) is 31.3 Å². The molecule has 0 aromatic heterocycles. The summed E-state index contributed by atoms with van der Waals surface area (Å²) >= 11 is 0. The third-order valence-corrected chi connectivity index (χ3v) is 17.4. The summed E-state index contributed by atoms with van der Waals surface area (Å²) in [5.41, 5.74) is -0.474. The van der Waals surface area contributed by atoms with Crippen molar-refractivity contribution in [2.75, 3.05) is 19.8 Å². The van der Waals surface area contributed by atoms with Gasteiger partial charge in [0.1, 0.15) is 48.8 Å². The minimum absolute atomic E-state index is 0.0138. The zero-order chi connectivity index (χ0) is 41.0. The molecule has 4 saturated carbocycles. The maximum atomic E-state index is 13.0. The van der Waals surface area contributed by atoms with Crippen LogP contribution in [0.25, 0.3) is 0 Å². The fourth-order valence-corrected chi connectivity index (χ4v) is 13.6. The molecule has 14 nitrogen and oxygen atoms in total. The van der Waals surface area contributed by atoms with E-state index in [-0.39, 0.29) is 46.0 Å². The first-order valence-electron chi connectivity index (χ1n) is 21.0. The van der Waals surface area contributed by atoms with Gasteiger partial charge in [-0.15, -0.1) is 0 Å². The van der Waals surface area contributed by atoms with E-state index in [1.807, 2.05) is 6.92 Å². The standard InChI is InChI=1S/C42H68O14/c1-37(2)13-15-42(36(51)52)16-14-40(5)21(22(42)17-37)7-8-26-38(3)11-10-27(39(4,20-44)25(38)9-12-41(26,40)6)56-35-33(50)31(48)29(46)24(55-35)19-53-34-32(49)30(47)28(45)23(18-43)54-34/h7,22-35,43-50H,8-20H2,1-6H3,(H,51,52)/t22-,23+,24+,25+,26+,27-,28+,29+,30-,31-,32+,33+,34-,35-,38-,39-,40+,41+,42-/m0/s1. The van der Waals surface area contributed by atoms with Gasteiger partial charge in [0.15, 0.2) is 12.6 Å². The highest BCUT2D eigenvalue weighted by Crippen LogP contribution is 2.76. The predicted octanol–water partition coefficient (Wildman–Crippen LogP) is 1.85. The Morgan fingerprint density at radius 1 is 0.750 bits per heavy atom. The Hall–Kier alpha value is -1.27. The molecule has 7 rings (SSSR count). The summed E-state index contributed by atoms with van der Waals surface area (Å²) in [4.78, 5) is 13.0. The van der Waals surface area contributed by atoms with Crippen LogP contribution >= 0.6 is 0 Å². The van der Waals surface area contributed by atoms with Gasteiger partial charge in [-0.25, -0.2) is 0 Å². The Balaban J connectivity index is 1.10. The maximum Gasteiger partial charge on any atom is 0.310 e. The van der Waals surface area contributed by atoms with Gasteiger partial charge in [-0.3, -0.25) is 4.79 Å². The van der Waals surface area contributed by atoms with Crippen molar-refractivity contribution in [3.63, 3.8) is 0 Å². The molecule has 0 aromatic rings. The van der Waals surface area contributed by atoms with Crippen molar-refractivity contribution in [2.45, 2.75) is 173 Å². The summed E-state index contributed by atoms with van der Waals surface area (Å²) in [5.74, 6) is -0.324. The lowest BCUT2D eigenvalue weighted by Crippen LogP contribution is -2.67. The molecule has 2 aliphatic heterocycles. The van der Waals surface area contributed by atoms with Crippen LogP contribution in [-0.4, -0.2) is 139 Å². The predicted molar refractivity (Wildman–Crippen MR) is 199 cm³/mol. The van der Waals surface area contributed by atoms with E-state index in [9.17, 15) is 50.8 Å². The molecule has 7 aliphatic rings. The van der Waals surface area contributed by atoms with Gasteiger partial charge in [0.2, 0.25) is 0 Å². The van der Waals surface area contributed by atoms with E-state index in [0.29, 0.717) is 19.3 Å². The molecule has 19 atom stereocenters. The number of aliphatic carboxylic acids is 1. The number of aliphatic hydroxyl groups is 8. The lowest BCUT2D eigenvalue weighted by Gasteiger charge is -2.71. The van der Waals surface area contributed by atoms with Crippen molar-refractivity contribution in [1.29, 1.82) is 0 Å². The lowest BCUT2D eigenvalue weighted by atomic mass is 9.33. The molecule has 0 aromatic carbocycles. The number of hydrogen-bond acceptors (Lipinski definition) is 13. The van der Waals surface area contributed by atoms with Crippen molar-refractivity contribution in [3.05, 3.63) is 11.6 Å². The summed E-state index contributed by atoms with van der Waals surface area (Å²) in [6.07, 6.45) is -5.44. The number of allylic oxidation sites excluding steroid dienone is 2. The van der Waals surface area contributed by atoms with E-state index >= 15 is 0 Å². The zero-order valence-corrected chi connectivity index (χ0v) is 33.9. The fraction of sp³-hybridized carbons (Fsp3) is 0.929. The molecule has 0 radical (unpaired) electrons. The lowest BCUT2D eigenvalue weighted by molar-refractivity contribution is -0.347. The minimum atomic E-state index is -1.68. The van der Waals surface area contributed by atoms with E-state index in [1.165, 1.54) is 5.57 Å². The van der Waals surface area contributed by atoms with Gasteiger partial charge in [-0.05, 0) is 104 Å². The quantitative estimate of drug-likeness (QED) is 0.126. The largest absolute Gasteiger partial charge is 0.481 e. The number of carbonyl (C=O) groups is 1. The molecule has 2 heterocycles. The van der Waals surface area contributed by atoms with E-state index in [1.54, 1.807) is 0 Å². The van der Waals surface area contributed by atoms with E-state index in [2.05, 4.69) is 40.7 Å². The van der Waals surface area contributed by atoms with Crippen LogP contribution in [0.1, 0.15) is 106 Å². The van der Waals surface area contributed by atoms with Crippen molar-refractivity contribution in [1.82, 2.24) is 0 Å². The molecular weight excluding hydrogens is 728 g/mol. The third-order valence-electron chi connectivity index (χ3n) is 17.4. The van der Waals surface area contributed by atoms with E-state index in [4.69, 9.17) is 18.9 Å². The van der Waals surface area contributed by atoms with E-state index in [0.717, 1.165) is 44.9 Å². The van der Waals surface area contributed by atoms with Crippen molar-refractivity contribution in [2.24, 2.45) is 50.2 Å². The Morgan fingerprint density at radius 2 is 1.38 bits per heavy atom. The summed E-state index contributed by atoms with van der Waals surface area (Å²) < 4.78 is 23.6. The zero-order valence-electron chi connectivity index (χ0n) is 33.9. The molecule has 56 heavy (non-hydrogen) atoms. The smallest absolute Gasteiger partial charge is 0.310 e. The first-order chi connectivity index (χ1) is 26.1. The molecule has 320 valence electrons. The summed E-state index contributed by atoms with van der Waals surface area (Å²) in [6, 6.07) is 0. The maximum absolute atomic E-state index is 13.0. The average Bonchev–Trinajstić information content (AvgIpc) is 3.15. The molecule has 0 spiro atoms. The topological polar surface area (TPSA) is 236 Å². The summed E-state index contributed by atoms with van der Waals surface area (Å²) in [5, 5.41) is 95.1. The highest BCUT2D eigenvalue weighted by Gasteiger charge is 2.70. The monoisotopic (exact) mass is 796 g/mol. The number of aliphatic hydroxyl groups excluding tert-OH is 8. The second-order valence-corrected chi connectivity index (χ2v) is 20.5. The van der Waals surface area contributed by atoms with Crippen molar-refractivity contribution in [3.8, 4) is 0 Å².